The molecule has 0 heterocycles. The number of hydrogen-bond donors (Lipinski definition) is 0. The monoisotopic (exact) mass is 224 g/mol. The smallest absolute Gasteiger partial charge is 0.120 e. The van der Waals surface area contributed by atoms with Gasteiger partial charge in [-0.15, -0.1) is 0 Å². The second-order valence-electron chi connectivity index (χ2n) is 4.56. The molecule has 0 atom stereocenters. The molecule has 0 N–H and O–H groups in total. The van der Waals surface area contributed by atoms with Gasteiger partial charge in [-0.25, -0.2) is 0 Å². The molecule has 1 heteroatoms. The Labute approximate surface area is 102 Å². The summed E-state index contributed by atoms with van der Waals surface area (Å²) in [6.07, 6.45) is 3.73. The van der Waals surface area contributed by atoms with Gasteiger partial charge in [-0.3, -0.25) is 0 Å². The van der Waals surface area contributed by atoms with Gasteiger partial charge < -0.3 is 4.74 Å². The number of fused-ring (bicyclic) bond motifs is 1. The first-order chi connectivity index (χ1) is 8.42. The van der Waals surface area contributed by atoms with Crippen LogP contribution in [0.1, 0.15) is 23.1 Å². The number of ether oxygens (including phenoxy) is 1. The largest absolute Gasteiger partial charge is 0.489 e. The van der Waals surface area contributed by atoms with Gasteiger partial charge in [-0.2, -0.15) is 0 Å². The highest BCUT2D eigenvalue weighted by molar-refractivity contribution is 5.38. The number of aryl methyl sites for hydroxylation is 2. The van der Waals surface area contributed by atoms with Crippen molar-refractivity contribution in [3.63, 3.8) is 0 Å². The lowest BCUT2D eigenvalue weighted by molar-refractivity contribution is 0.306. The van der Waals surface area contributed by atoms with E-state index in [4.69, 9.17) is 4.74 Å². The molecule has 0 aromatic heterocycles. The predicted molar refractivity (Wildman–Crippen MR) is 69.2 cm³/mol. The fourth-order valence-corrected chi connectivity index (χ4v) is 2.38. The predicted octanol–water partition coefficient (Wildman–Crippen LogP) is 3.75. The van der Waals surface area contributed by atoms with Crippen LogP contribution >= 0.6 is 0 Å². The summed E-state index contributed by atoms with van der Waals surface area (Å²) in [5.41, 5.74) is 4.18. The molecule has 0 amide bonds. The summed E-state index contributed by atoms with van der Waals surface area (Å²) in [6.45, 7) is 0.652. The minimum Gasteiger partial charge on any atom is -0.489 e. The minimum atomic E-state index is 0.652. The lowest BCUT2D eigenvalue weighted by Crippen LogP contribution is -1.95. The summed E-state index contributed by atoms with van der Waals surface area (Å²) in [4.78, 5) is 0. The van der Waals surface area contributed by atoms with Crippen LogP contribution in [0, 0.1) is 0 Å². The fraction of sp³-hybridized carbons (Fsp3) is 0.250. The molecule has 0 spiro atoms. The van der Waals surface area contributed by atoms with Gasteiger partial charge in [-0.05, 0) is 48.1 Å². The summed E-state index contributed by atoms with van der Waals surface area (Å²) in [7, 11) is 0. The SMILES string of the molecule is c1ccc(COc2ccc3c(c2)CCC3)cc1. The van der Waals surface area contributed by atoms with Crippen molar-refractivity contribution >= 4 is 0 Å². The van der Waals surface area contributed by atoms with Crippen LogP contribution in [-0.4, -0.2) is 0 Å². The van der Waals surface area contributed by atoms with Crippen molar-refractivity contribution in [1.29, 1.82) is 0 Å². The molecule has 1 aliphatic carbocycles. The van der Waals surface area contributed by atoms with Gasteiger partial charge >= 0.3 is 0 Å². The van der Waals surface area contributed by atoms with E-state index in [1.54, 1.807) is 0 Å². The van der Waals surface area contributed by atoms with Crippen LogP contribution in [0.4, 0.5) is 0 Å². The Kier molecular flexibility index (Phi) is 2.83. The average Bonchev–Trinajstić information content (AvgIpc) is 2.85. The Balaban J connectivity index is 1.70. The van der Waals surface area contributed by atoms with E-state index in [1.807, 2.05) is 18.2 Å². The molecule has 1 nitrogen and oxygen atoms in total. The van der Waals surface area contributed by atoms with Crippen LogP contribution in [0.2, 0.25) is 0 Å². The summed E-state index contributed by atoms with van der Waals surface area (Å²) in [6, 6.07) is 16.8. The third kappa shape index (κ3) is 2.33. The molecule has 0 saturated heterocycles. The van der Waals surface area contributed by atoms with Crippen molar-refractivity contribution < 1.29 is 4.74 Å². The van der Waals surface area contributed by atoms with Crippen LogP contribution in [-0.2, 0) is 19.4 Å². The third-order valence-corrected chi connectivity index (χ3v) is 3.32. The molecule has 0 aliphatic heterocycles. The number of rotatable bonds is 3. The Morgan fingerprint density at radius 2 is 1.71 bits per heavy atom. The Bertz CT molecular complexity index is 502. The van der Waals surface area contributed by atoms with E-state index < -0.39 is 0 Å². The van der Waals surface area contributed by atoms with Crippen LogP contribution in [0.25, 0.3) is 0 Å². The Morgan fingerprint density at radius 1 is 0.882 bits per heavy atom. The van der Waals surface area contributed by atoms with Crippen molar-refractivity contribution in [2.45, 2.75) is 25.9 Å². The molecule has 3 rings (SSSR count). The van der Waals surface area contributed by atoms with E-state index >= 15 is 0 Å². The molecule has 0 bridgehead atoms. The van der Waals surface area contributed by atoms with Crippen molar-refractivity contribution in [2.75, 3.05) is 0 Å². The normalized spacial score (nSPS) is 13.4. The maximum atomic E-state index is 5.82. The van der Waals surface area contributed by atoms with E-state index in [0.717, 1.165) is 5.75 Å². The van der Waals surface area contributed by atoms with Crippen LogP contribution in [0.3, 0.4) is 0 Å². The highest BCUT2D eigenvalue weighted by atomic mass is 16.5. The standard InChI is InChI=1S/C16H16O/c1-2-5-13(6-3-1)12-17-16-10-9-14-7-4-8-15(14)11-16/h1-3,5-6,9-11H,4,7-8,12H2. The van der Waals surface area contributed by atoms with Gasteiger partial charge in [-0.1, -0.05) is 36.4 Å². The molecule has 0 saturated carbocycles. The van der Waals surface area contributed by atoms with E-state index in [-0.39, 0.29) is 0 Å². The molecule has 0 radical (unpaired) electrons. The van der Waals surface area contributed by atoms with Gasteiger partial charge in [0.05, 0.1) is 0 Å². The zero-order valence-corrected chi connectivity index (χ0v) is 9.86. The minimum absolute atomic E-state index is 0.652. The van der Waals surface area contributed by atoms with E-state index in [0.29, 0.717) is 6.61 Å². The van der Waals surface area contributed by atoms with Crippen LogP contribution in [0.15, 0.2) is 48.5 Å². The highest BCUT2D eigenvalue weighted by Gasteiger charge is 2.10. The maximum Gasteiger partial charge on any atom is 0.120 e. The Morgan fingerprint density at radius 3 is 2.59 bits per heavy atom. The average molecular weight is 224 g/mol. The third-order valence-electron chi connectivity index (χ3n) is 3.32. The topological polar surface area (TPSA) is 9.23 Å². The zero-order valence-electron chi connectivity index (χ0n) is 9.86. The summed E-state index contributed by atoms with van der Waals surface area (Å²) >= 11 is 0. The zero-order chi connectivity index (χ0) is 11.5. The Hall–Kier alpha value is -1.76. The molecule has 0 fully saturated rings. The van der Waals surface area contributed by atoms with Gasteiger partial charge in [0.25, 0.3) is 0 Å². The van der Waals surface area contributed by atoms with Crippen LogP contribution in [0.5, 0.6) is 5.75 Å². The molecule has 2 aromatic carbocycles. The molecule has 2 aromatic rings. The van der Waals surface area contributed by atoms with Gasteiger partial charge in [0.2, 0.25) is 0 Å². The molecule has 17 heavy (non-hydrogen) atoms. The first-order valence-electron chi connectivity index (χ1n) is 6.20. The van der Waals surface area contributed by atoms with E-state index in [9.17, 15) is 0 Å². The molecule has 1 aliphatic rings. The summed E-state index contributed by atoms with van der Waals surface area (Å²) in [5, 5.41) is 0. The van der Waals surface area contributed by atoms with E-state index in [2.05, 4.69) is 30.3 Å². The molecular weight excluding hydrogens is 208 g/mol. The quantitative estimate of drug-likeness (QED) is 0.771. The molecule has 86 valence electrons. The number of hydrogen-bond acceptors (Lipinski definition) is 1. The summed E-state index contributed by atoms with van der Waals surface area (Å²) in [5.74, 6) is 0.995. The molecular formula is C16H16O. The van der Waals surface area contributed by atoms with Gasteiger partial charge in [0.15, 0.2) is 0 Å². The first kappa shape index (κ1) is 10.4. The van der Waals surface area contributed by atoms with Crippen molar-refractivity contribution in [3.05, 3.63) is 65.2 Å². The van der Waals surface area contributed by atoms with E-state index in [1.165, 1.54) is 36.0 Å². The lowest BCUT2D eigenvalue weighted by atomic mass is 10.1. The summed E-state index contributed by atoms with van der Waals surface area (Å²) < 4.78 is 5.82. The van der Waals surface area contributed by atoms with Gasteiger partial charge in [0, 0.05) is 0 Å². The first-order valence-corrected chi connectivity index (χ1v) is 6.20. The lowest BCUT2D eigenvalue weighted by Gasteiger charge is -2.08. The fourth-order valence-electron chi connectivity index (χ4n) is 2.38. The van der Waals surface area contributed by atoms with Crippen molar-refractivity contribution in [3.8, 4) is 5.75 Å². The number of benzene rings is 2. The van der Waals surface area contributed by atoms with Crippen molar-refractivity contribution in [2.24, 2.45) is 0 Å². The van der Waals surface area contributed by atoms with Crippen molar-refractivity contribution in [1.82, 2.24) is 0 Å². The second kappa shape index (κ2) is 4.62. The van der Waals surface area contributed by atoms with Crippen LogP contribution < -0.4 is 4.74 Å². The van der Waals surface area contributed by atoms with Gasteiger partial charge in [0.1, 0.15) is 12.4 Å². The maximum absolute atomic E-state index is 5.82. The highest BCUT2D eigenvalue weighted by Crippen LogP contribution is 2.26. The molecule has 0 unspecified atom stereocenters. The second-order valence-corrected chi connectivity index (χ2v) is 4.56.